The van der Waals surface area contributed by atoms with Crippen LogP contribution in [-0.4, -0.2) is 20.4 Å². The van der Waals surface area contributed by atoms with Crippen LogP contribution in [0.3, 0.4) is 0 Å². The van der Waals surface area contributed by atoms with Crippen LogP contribution >= 0.6 is 0 Å². The molecule has 0 unspecified atom stereocenters. The fourth-order valence-corrected chi connectivity index (χ4v) is 4.05. The second-order valence-electron chi connectivity index (χ2n) is 8.40. The van der Waals surface area contributed by atoms with Gasteiger partial charge < -0.3 is 11.1 Å². The van der Waals surface area contributed by atoms with Crippen molar-refractivity contribution in [3.63, 3.8) is 0 Å². The highest BCUT2D eigenvalue weighted by atomic mass is 16.2. The number of allylic oxidation sites excluding steroid dienone is 4. The molecule has 0 saturated heterocycles. The number of hydrogen-bond acceptors (Lipinski definition) is 5. The Morgan fingerprint density at radius 1 is 1.15 bits per heavy atom. The van der Waals surface area contributed by atoms with Crippen LogP contribution < -0.4 is 16.6 Å². The molecule has 0 bridgehead atoms. The van der Waals surface area contributed by atoms with E-state index in [9.17, 15) is 9.59 Å². The Morgan fingerprint density at radius 3 is 2.71 bits per heavy atom. The quantitative estimate of drug-likeness (QED) is 0.515. The van der Waals surface area contributed by atoms with Gasteiger partial charge in [-0.05, 0) is 55.4 Å². The summed E-state index contributed by atoms with van der Waals surface area (Å²) in [5.74, 6) is 0.200. The highest BCUT2D eigenvalue weighted by Crippen LogP contribution is 2.22. The molecule has 0 atom stereocenters. The van der Waals surface area contributed by atoms with Crippen LogP contribution in [0.5, 0.6) is 0 Å². The SMILES string of the molecule is Cc1nc(N)ccc1CNC(=O)Cn1c(C2=CC=CC2)cnc(CCCc2ccccc2)c1=O. The molecule has 0 fully saturated rings. The van der Waals surface area contributed by atoms with Crippen LogP contribution in [0.2, 0.25) is 0 Å². The van der Waals surface area contributed by atoms with E-state index in [4.69, 9.17) is 5.73 Å². The Morgan fingerprint density at radius 2 is 1.97 bits per heavy atom. The molecule has 3 aromatic rings. The molecule has 1 aliphatic rings. The zero-order valence-electron chi connectivity index (χ0n) is 19.3. The van der Waals surface area contributed by atoms with Crippen LogP contribution in [-0.2, 0) is 30.7 Å². The molecule has 1 amide bonds. The van der Waals surface area contributed by atoms with Gasteiger partial charge in [0.2, 0.25) is 5.91 Å². The van der Waals surface area contributed by atoms with Crippen molar-refractivity contribution in [2.45, 2.75) is 45.7 Å². The summed E-state index contributed by atoms with van der Waals surface area (Å²) in [6.45, 7) is 2.10. The summed E-state index contributed by atoms with van der Waals surface area (Å²) < 4.78 is 1.55. The summed E-state index contributed by atoms with van der Waals surface area (Å²) >= 11 is 0. The molecule has 7 heteroatoms. The number of nitrogens with zero attached hydrogens (tertiary/aromatic N) is 3. The Hall–Kier alpha value is -4.00. The van der Waals surface area contributed by atoms with Gasteiger partial charge in [-0.3, -0.25) is 19.1 Å². The van der Waals surface area contributed by atoms with Gasteiger partial charge in [0.1, 0.15) is 18.1 Å². The second kappa shape index (κ2) is 10.7. The summed E-state index contributed by atoms with van der Waals surface area (Å²) in [5, 5.41) is 2.90. The maximum absolute atomic E-state index is 13.3. The molecule has 2 aromatic heterocycles. The van der Waals surface area contributed by atoms with Crippen LogP contribution in [0.1, 0.15) is 41.1 Å². The van der Waals surface area contributed by atoms with E-state index in [1.54, 1.807) is 16.8 Å². The van der Waals surface area contributed by atoms with Crippen LogP contribution in [0, 0.1) is 6.92 Å². The minimum atomic E-state index is -0.243. The van der Waals surface area contributed by atoms with Gasteiger partial charge in [-0.25, -0.2) is 4.98 Å². The summed E-state index contributed by atoms with van der Waals surface area (Å²) in [6.07, 6.45) is 10.6. The van der Waals surface area contributed by atoms with Crippen molar-refractivity contribution in [2.24, 2.45) is 0 Å². The van der Waals surface area contributed by atoms with E-state index in [1.807, 2.05) is 49.4 Å². The maximum atomic E-state index is 13.3. The summed E-state index contributed by atoms with van der Waals surface area (Å²) in [4.78, 5) is 34.9. The van der Waals surface area contributed by atoms with Crippen molar-refractivity contribution in [1.82, 2.24) is 19.9 Å². The summed E-state index contributed by atoms with van der Waals surface area (Å²) in [6, 6.07) is 13.7. The molecule has 174 valence electrons. The number of anilines is 1. The third-order valence-electron chi connectivity index (χ3n) is 5.94. The molecular weight excluding hydrogens is 426 g/mol. The number of aromatic nitrogens is 3. The average Bonchev–Trinajstić information content (AvgIpc) is 3.36. The minimum Gasteiger partial charge on any atom is -0.384 e. The topological polar surface area (TPSA) is 103 Å². The number of benzene rings is 1. The summed E-state index contributed by atoms with van der Waals surface area (Å²) in [5.41, 5.74) is 10.5. The van der Waals surface area contributed by atoms with Crippen molar-refractivity contribution < 1.29 is 4.79 Å². The van der Waals surface area contributed by atoms with Crippen LogP contribution in [0.25, 0.3) is 5.57 Å². The van der Waals surface area contributed by atoms with Gasteiger partial charge in [0, 0.05) is 12.2 Å². The van der Waals surface area contributed by atoms with E-state index >= 15 is 0 Å². The highest BCUT2D eigenvalue weighted by Gasteiger charge is 2.17. The normalized spacial score (nSPS) is 12.6. The lowest BCUT2D eigenvalue weighted by Gasteiger charge is -2.15. The number of hydrogen-bond donors (Lipinski definition) is 2. The Kier molecular flexibility index (Phi) is 7.32. The minimum absolute atomic E-state index is 0.0683. The summed E-state index contributed by atoms with van der Waals surface area (Å²) in [7, 11) is 0. The molecule has 0 radical (unpaired) electrons. The lowest BCUT2D eigenvalue weighted by atomic mass is 10.1. The van der Waals surface area contributed by atoms with E-state index in [0.717, 1.165) is 29.7 Å². The third-order valence-corrected chi connectivity index (χ3v) is 5.94. The number of aryl methyl sites for hydroxylation is 3. The fourth-order valence-electron chi connectivity index (χ4n) is 4.05. The molecule has 7 nitrogen and oxygen atoms in total. The first kappa shape index (κ1) is 23.2. The van der Waals surface area contributed by atoms with E-state index in [0.29, 0.717) is 36.6 Å². The number of rotatable bonds is 9. The Labute approximate surface area is 199 Å². The van der Waals surface area contributed by atoms with Gasteiger partial charge in [0.25, 0.3) is 5.56 Å². The smallest absolute Gasteiger partial charge is 0.273 e. The molecule has 3 N–H and O–H groups in total. The maximum Gasteiger partial charge on any atom is 0.273 e. The lowest BCUT2D eigenvalue weighted by Crippen LogP contribution is -2.35. The van der Waals surface area contributed by atoms with Crippen molar-refractivity contribution in [3.8, 4) is 0 Å². The molecule has 0 spiro atoms. The molecule has 2 heterocycles. The van der Waals surface area contributed by atoms with Crippen molar-refractivity contribution in [1.29, 1.82) is 0 Å². The largest absolute Gasteiger partial charge is 0.384 e. The average molecular weight is 456 g/mol. The van der Waals surface area contributed by atoms with Gasteiger partial charge in [0.15, 0.2) is 0 Å². The molecule has 1 aliphatic carbocycles. The van der Waals surface area contributed by atoms with Crippen LogP contribution in [0.15, 0.2) is 71.7 Å². The molecule has 0 saturated carbocycles. The van der Waals surface area contributed by atoms with E-state index in [1.165, 1.54) is 5.56 Å². The van der Waals surface area contributed by atoms with E-state index < -0.39 is 0 Å². The van der Waals surface area contributed by atoms with Gasteiger partial charge in [0.05, 0.1) is 11.9 Å². The second-order valence-corrected chi connectivity index (χ2v) is 8.40. The molecule has 34 heavy (non-hydrogen) atoms. The molecule has 4 rings (SSSR count). The Bertz CT molecular complexity index is 1290. The fraction of sp³-hybridized carbons (Fsp3) is 0.259. The van der Waals surface area contributed by atoms with E-state index in [-0.39, 0.29) is 18.0 Å². The number of carbonyl (C=O) groups is 1. The number of carbonyl (C=O) groups excluding carboxylic acids is 1. The standard InChI is InChI=1S/C27H29N5O2/c1-19-22(14-15-25(28)31-19)16-30-26(33)18-32-24(21-11-5-6-12-21)17-29-23(27(32)34)13-7-10-20-8-3-2-4-9-20/h2-6,8-9,11,14-15,17H,7,10,12-13,16,18H2,1H3,(H2,28,31)(H,30,33). The van der Waals surface area contributed by atoms with Gasteiger partial charge >= 0.3 is 0 Å². The van der Waals surface area contributed by atoms with Crippen molar-refractivity contribution >= 4 is 17.3 Å². The zero-order valence-corrected chi connectivity index (χ0v) is 19.3. The first-order valence-corrected chi connectivity index (χ1v) is 11.5. The molecular formula is C27H29N5O2. The van der Waals surface area contributed by atoms with Crippen LogP contribution in [0.4, 0.5) is 5.82 Å². The highest BCUT2D eigenvalue weighted by molar-refractivity contribution is 5.77. The number of nitrogens with two attached hydrogens (primary N) is 1. The van der Waals surface area contributed by atoms with Crippen molar-refractivity contribution in [2.75, 3.05) is 5.73 Å². The van der Waals surface area contributed by atoms with Gasteiger partial charge in [-0.15, -0.1) is 0 Å². The molecule has 0 aliphatic heterocycles. The number of nitrogens with one attached hydrogen (secondary N) is 1. The van der Waals surface area contributed by atoms with Crippen molar-refractivity contribution in [3.05, 3.63) is 105 Å². The monoisotopic (exact) mass is 455 g/mol. The lowest BCUT2D eigenvalue weighted by molar-refractivity contribution is -0.121. The third kappa shape index (κ3) is 5.67. The predicted molar refractivity (Wildman–Crippen MR) is 134 cm³/mol. The Balaban J connectivity index is 1.49. The first-order chi connectivity index (χ1) is 16.5. The van der Waals surface area contributed by atoms with E-state index in [2.05, 4.69) is 27.4 Å². The first-order valence-electron chi connectivity index (χ1n) is 11.5. The molecule has 1 aromatic carbocycles. The van der Waals surface area contributed by atoms with Gasteiger partial charge in [-0.1, -0.05) is 54.6 Å². The zero-order chi connectivity index (χ0) is 23.9. The number of amides is 1. The van der Waals surface area contributed by atoms with Gasteiger partial charge in [-0.2, -0.15) is 0 Å². The number of nitrogen functional groups attached to an aromatic ring is 1. The predicted octanol–water partition coefficient (Wildman–Crippen LogP) is 3.36. The number of pyridine rings is 1.